The van der Waals surface area contributed by atoms with E-state index in [0.29, 0.717) is 16.5 Å². The van der Waals surface area contributed by atoms with Gasteiger partial charge in [-0.1, -0.05) is 46.9 Å². The zero-order valence-corrected chi connectivity index (χ0v) is 15.1. The highest BCUT2D eigenvalue weighted by Crippen LogP contribution is 2.41. The molecule has 0 bridgehead atoms. The number of nitrogens with zero attached hydrogens (tertiary/aromatic N) is 1. The van der Waals surface area contributed by atoms with E-state index in [4.69, 9.17) is 40.5 Å². The third-order valence-electron chi connectivity index (χ3n) is 2.68. The fourth-order valence-corrected chi connectivity index (χ4v) is 2.24. The molecule has 122 valence electrons. The first-order valence-electron chi connectivity index (χ1n) is 5.58. The number of hydrogen-bond acceptors (Lipinski definition) is 1. The molecule has 0 atom stereocenters. The normalized spacial score (nSPS) is 11.5. The quantitative estimate of drug-likeness (QED) is 0.385. The first kappa shape index (κ1) is 21.1. The molecule has 5 nitrogen and oxygen atoms in total. The molecule has 1 amide bonds. The summed E-state index contributed by atoms with van der Waals surface area (Å²) >= 11 is 17.7. The number of aromatic amines is 1. The van der Waals surface area contributed by atoms with Gasteiger partial charge in [0.2, 0.25) is 3.79 Å². The Kier molecular flexibility index (Phi) is 7.81. The number of nitrogens with one attached hydrogen (secondary N) is 2. The number of aliphatic imine (C=N–C) groups is 1. The van der Waals surface area contributed by atoms with E-state index >= 15 is 0 Å². The highest BCUT2D eigenvalue weighted by atomic mass is 35.6. The van der Waals surface area contributed by atoms with Gasteiger partial charge < -0.3 is 16.0 Å². The Hall–Kier alpha value is -0.850. The summed E-state index contributed by atoms with van der Waals surface area (Å²) in [6.07, 6.45) is 0. The molecule has 0 saturated carbocycles. The van der Waals surface area contributed by atoms with Crippen molar-refractivity contribution in [3.63, 3.8) is 0 Å². The molecular formula is C12H13Cl5N4O. The number of rotatable bonds is 1. The average molecular weight is 407 g/mol. The van der Waals surface area contributed by atoms with Crippen LogP contribution in [0.5, 0.6) is 0 Å². The van der Waals surface area contributed by atoms with Crippen LogP contribution in [-0.2, 0) is 3.79 Å². The second kappa shape index (κ2) is 8.13. The second-order valence-corrected chi connectivity index (χ2v) is 6.28. The van der Waals surface area contributed by atoms with Gasteiger partial charge in [-0.15, -0.1) is 24.8 Å². The van der Waals surface area contributed by atoms with Crippen molar-refractivity contribution in [3.05, 3.63) is 35.5 Å². The van der Waals surface area contributed by atoms with E-state index < -0.39 is 9.70 Å². The minimum absolute atomic E-state index is 0. The SMILES string of the molecule is CNC(N)=NC(=O)c1cc2c(C(Cl)(Cl)Cl)cccc2[nH]1.Cl.Cl. The van der Waals surface area contributed by atoms with Crippen LogP contribution in [0.4, 0.5) is 0 Å². The second-order valence-electron chi connectivity index (χ2n) is 4.00. The molecule has 0 radical (unpaired) electrons. The van der Waals surface area contributed by atoms with Gasteiger partial charge in [-0.3, -0.25) is 4.79 Å². The lowest BCUT2D eigenvalue weighted by Crippen LogP contribution is -2.28. The Morgan fingerprint density at radius 3 is 2.50 bits per heavy atom. The van der Waals surface area contributed by atoms with Crippen LogP contribution in [-0.4, -0.2) is 23.9 Å². The van der Waals surface area contributed by atoms with Crippen molar-refractivity contribution in [3.8, 4) is 0 Å². The molecule has 0 aliphatic heterocycles. The lowest BCUT2D eigenvalue weighted by atomic mass is 10.1. The summed E-state index contributed by atoms with van der Waals surface area (Å²) in [5, 5.41) is 3.21. The molecule has 1 aromatic heterocycles. The lowest BCUT2D eigenvalue weighted by Gasteiger charge is -2.11. The molecule has 0 fully saturated rings. The molecular weight excluding hydrogens is 393 g/mol. The number of alkyl halides is 3. The minimum Gasteiger partial charge on any atom is -0.370 e. The molecule has 4 N–H and O–H groups in total. The van der Waals surface area contributed by atoms with Gasteiger partial charge in [-0.05, 0) is 12.1 Å². The zero-order valence-electron chi connectivity index (χ0n) is 11.2. The predicted octanol–water partition coefficient (Wildman–Crippen LogP) is 3.51. The molecule has 1 heterocycles. The van der Waals surface area contributed by atoms with Gasteiger partial charge in [0, 0.05) is 23.5 Å². The summed E-state index contributed by atoms with van der Waals surface area (Å²) in [7, 11) is 1.57. The maximum atomic E-state index is 11.9. The van der Waals surface area contributed by atoms with Crippen LogP contribution in [0.25, 0.3) is 10.9 Å². The Labute approximate surface area is 154 Å². The van der Waals surface area contributed by atoms with Crippen LogP contribution in [0.3, 0.4) is 0 Å². The van der Waals surface area contributed by atoms with Gasteiger partial charge in [0.1, 0.15) is 5.69 Å². The van der Waals surface area contributed by atoms with Gasteiger partial charge >= 0.3 is 0 Å². The summed E-state index contributed by atoms with van der Waals surface area (Å²) in [6.45, 7) is 0. The standard InChI is InChI=1S/C12H11Cl3N4O.2ClH/c1-17-11(16)19-10(20)9-5-6-7(12(13,14)15)3-2-4-8(6)18-9;;/h2-5,18H,1H3,(H3,16,17,19,20);2*1H. The average Bonchev–Trinajstić information content (AvgIpc) is 2.80. The number of carbonyl (C=O) groups is 1. The number of fused-ring (bicyclic) bond motifs is 1. The van der Waals surface area contributed by atoms with Gasteiger partial charge in [0.05, 0.1) is 0 Å². The molecule has 2 rings (SSSR count). The highest BCUT2D eigenvalue weighted by molar-refractivity contribution is 6.67. The van der Waals surface area contributed by atoms with Crippen molar-refractivity contribution >= 4 is 82.4 Å². The van der Waals surface area contributed by atoms with Crippen molar-refractivity contribution < 1.29 is 4.79 Å². The molecule has 0 aliphatic rings. The van der Waals surface area contributed by atoms with Crippen LogP contribution < -0.4 is 11.1 Å². The predicted molar refractivity (Wildman–Crippen MR) is 97.0 cm³/mol. The molecule has 1 aromatic carbocycles. The lowest BCUT2D eigenvalue weighted by molar-refractivity contribution is 0.0998. The van der Waals surface area contributed by atoms with E-state index in [1.54, 1.807) is 31.3 Å². The first-order chi connectivity index (χ1) is 9.32. The van der Waals surface area contributed by atoms with Gasteiger partial charge in [0.15, 0.2) is 5.96 Å². The smallest absolute Gasteiger partial charge is 0.296 e. The van der Waals surface area contributed by atoms with E-state index in [-0.39, 0.29) is 36.5 Å². The van der Waals surface area contributed by atoms with E-state index in [1.807, 2.05) is 0 Å². The fraction of sp³-hybridized carbons (Fsp3) is 0.167. The highest BCUT2D eigenvalue weighted by Gasteiger charge is 2.26. The summed E-state index contributed by atoms with van der Waals surface area (Å²) in [4.78, 5) is 18.5. The largest absolute Gasteiger partial charge is 0.370 e. The molecule has 2 aromatic rings. The van der Waals surface area contributed by atoms with Crippen LogP contribution in [0, 0.1) is 0 Å². The molecule has 22 heavy (non-hydrogen) atoms. The fourth-order valence-electron chi connectivity index (χ4n) is 1.74. The Morgan fingerprint density at radius 1 is 1.32 bits per heavy atom. The van der Waals surface area contributed by atoms with Crippen LogP contribution in [0.1, 0.15) is 16.1 Å². The number of carbonyl (C=O) groups excluding carboxylic acids is 1. The molecule has 0 saturated heterocycles. The summed E-state index contributed by atoms with van der Waals surface area (Å²) in [5.41, 5.74) is 6.87. The summed E-state index contributed by atoms with van der Waals surface area (Å²) in [6, 6.07) is 6.77. The number of amides is 1. The third-order valence-corrected chi connectivity index (χ3v) is 3.29. The topological polar surface area (TPSA) is 83.3 Å². The maximum absolute atomic E-state index is 11.9. The number of aromatic nitrogens is 1. The Balaban J connectivity index is 0.00000220. The van der Waals surface area contributed by atoms with Crippen LogP contribution in [0.2, 0.25) is 0 Å². The maximum Gasteiger partial charge on any atom is 0.296 e. The molecule has 0 aliphatic carbocycles. The van der Waals surface area contributed by atoms with Gasteiger partial charge in [-0.25, -0.2) is 0 Å². The summed E-state index contributed by atoms with van der Waals surface area (Å²) in [5.74, 6) is -0.487. The van der Waals surface area contributed by atoms with E-state index in [9.17, 15) is 4.79 Å². The van der Waals surface area contributed by atoms with Gasteiger partial charge in [-0.2, -0.15) is 4.99 Å². The van der Waals surface area contributed by atoms with E-state index in [1.165, 1.54) is 0 Å². The molecule has 0 unspecified atom stereocenters. The number of benzene rings is 1. The number of hydrogen-bond donors (Lipinski definition) is 3. The summed E-state index contributed by atoms with van der Waals surface area (Å²) < 4.78 is -1.57. The van der Waals surface area contributed by atoms with Crippen molar-refractivity contribution in [1.29, 1.82) is 0 Å². The number of H-pyrrole nitrogens is 1. The van der Waals surface area contributed by atoms with Gasteiger partial charge in [0.25, 0.3) is 5.91 Å². The van der Waals surface area contributed by atoms with Crippen molar-refractivity contribution in [2.24, 2.45) is 10.7 Å². The number of guanidine groups is 1. The number of nitrogens with two attached hydrogens (primary N) is 1. The van der Waals surface area contributed by atoms with Crippen LogP contribution >= 0.6 is 59.6 Å². The van der Waals surface area contributed by atoms with Crippen molar-refractivity contribution in [1.82, 2.24) is 10.3 Å². The van der Waals surface area contributed by atoms with Crippen LogP contribution in [0.15, 0.2) is 29.3 Å². The van der Waals surface area contributed by atoms with Crippen molar-refractivity contribution in [2.45, 2.75) is 3.79 Å². The minimum atomic E-state index is -1.57. The van der Waals surface area contributed by atoms with E-state index in [2.05, 4.69) is 15.3 Å². The number of halogens is 5. The van der Waals surface area contributed by atoms with Crippen molar-refractivity contribution in [2.75, 3.05) is 7.05 Å². The monoisotopic (exact) mass is 404 g/mol. The molecule has 10 heteroatoms. The zero-order chi connectivity index (χ0) is 14.9. The first-order valence-corrected chi connectivity index (χ1v) is 6.71. The van der Waals surface area contributed by atoms with E-state index in [0.717, 1.165) is 0 Å². The Bertz CT molecular complexity index is 692. The third kappa shape index (κ3) is 4.57. The Morgan fingerprint density at radius 2 is 1.95 bits per heavy atom. The molecule has 0 spiro atoms.